The van der Waals surface area contributed by atoms with Crippen molar-refractivity contribution in [3.05, 3.63) is 41.2 Å². The molecule has 0 radical (unpaired) electrons. The molecular weight excluding hydrogens is 229 g/mol. The molecule has 0 aliphatic carbocycles. The fourth-order valence-corrected chi connectivity index (χ4v) is 1.87. The molecule has 0 heterocycles. The van der Waals surface area contributed by atoms with Crippen molar-refractivity contribution in [1.82, 2.24) is 5.32 Å². The van der Waals surface area contributed by atoms with Crippen LogP contribution in [0.2, 0.25) is 0 Å². The van der Waals surface area contributed by atoms with Gasteiger partial charge in [0.05, 0.1) is 18.7 Å². The van der Waals surface area contributed by atoms with E-state index in [4.69, 9.17) is 4.74 Å². The van der Waals surface area contributed by atoms with E-state index in [2.05, 4.69) is 12.2 Å². The predicted octanol–water partition coefficient (Wildman–Crippen LogP) is 3.84. The Labute approximate surface area is 109 Å². The first-order valence-corrected chi connectivity index (χ1v) is 6.31. The van der Waals surface area contributed by atoms with Gasteiger partial charge in [-0.2, -0.15) is 0 Å². The highest BCUT2D eigenvalue weighted by Gasteiger charge is 2.17. The summed E-state index contributed by atoms with van der Waals surface area (Å²) in [7, 11) is 1.57. The van der Waals surface area contributed by atoms with Crippen LogP contribution in [-0.2, 0) is 0 Å². The zero-order chi connectivity index (χ0) is 13.5. The highest BCUT2D eigenvalue weighted by Crippen LogP contribution is 2.29. The summed E-state index contributed by atoms with van der Waals surface area (Å²) in [6.07, 6.45) is 3.03. The van der Waals surface area contributed by atoms with Gasteiger partial charge in [0.2, 0.25) is 0 Å². The van der Waals surface area contributed by atoms with Gasteiger partial charge in [0.1, 0.15) is 11.6 Å². The molecule has 1 aromatic carbocycles. The third-order valence-electron chi connectivity index (χ3n) is 2.66. The van der Waals surface area contributed by atoms with Crippen LogP contribution in [-0.4, -0.2) is 13.7 Å². The second kappa shape index (κ2) is 7.17. The van der Waals surface area contributed by atoms with E-state index >= 15 is 0 Å². The summed E-state index contributed by atoms with van der Waals surface area (Å²) in [4.78, 5) is 0. The molecule has 1 atom stereocenters. The molecule has 0 aliphatic heterocycles. The fraction of sp³-hybridized carbons (Fsp3) is 0.467. The number of benzene rings is 1. The molecular formula is C15H22FNO. The molecule has 0 aliphatic rings. The van der Waals surface area contributed by atoms with Crippen LogP contribution in [0.1, 0.15) is 38.8 Å². The van der Waals surface area contributed by atoms with Gasteiger partial charge in [-0.3, -0.25) is 0 Å². The number of nitrogens with one attached hydrogen (secondary N) is 1. The average Bonchev–Trinajstić information content (AvgIpc) is 2.34. The minimum atomic E-state index is -0.236. The molecule has 1 rings (SSSR count). The molecule has 3 heteroatoms. The van der Waals surface area contributed by atoms with Crippen LogP contribution in [0.4, 0.5) is 4.39 Å². The number of halogens is 1. The minimum Gasteiger partial charge on any atom is -0.496 e. The second-order valence-electron chi connectivity index (χ2n) is 4.53. The van der Waals surface area contributed by atoms with Crippen molar-refractivity contribution < 1.29 is 9.13 Å². The van der Waals surface area contributed by atoms with Gasteiger partial charge in [0, 0.05) is 0 Å². The van der Waals surface area contributed by atoms with E-state index in [0.29, 0.717) is 11.3 Å². The maximum atomic E-state index is 14.0. The van der Waals surface area contributed by atoms with Crippen molar-refractivity contribution in [1.29, 1.82) is 0 Å². The summed E-state index contributed by atoms with van der Waals surface area (Å²) in [6, 6.07) is 4.78. The SMILES string of the molecule is CCCNC(C=C(C)C)c1c(F)cccc1OC. The van der Waals surface area contributed by atoms with Gasteiger partial charge in [0.15, 0.2) is 0 Å². The van der Waals surface area contributed by atoms with Crippen molar-refractivity contribution in [2.75, 3.05) is 13.7 Å². The maximum absolute atomic E-state index is 14.0. The summed E-state index contributed by atoms with van der Waals surface area (Å²) in [5.41, 5.74) is 1.73. The van der Waals surface area contributed by atoms with Crippen molar-refractivity contribution in [3.8, 4) is 5.75 Å². The van der Waals surface area contributed by atoms with Gasteiger partial charge in [-0.1, -0.05) is 24.6 Å². The Balaban J connectivity index is 3.15. The van der Waals surface area contributed by atoms with Crippen molar-refractivity contribution >= 4 is 0 Å². The number of hydrogen-bond donors (Lipinski definition) is 1. The Morgan fingerprint density at radius 1 is 1.44 bits per heavy atom. The third kappa shape index (κ3) is 3.84. The largest absolute Gasteiger partial charge is 0.496 e. The van der Waals surface area contributed by atoms with E-state index in [-0.39, 0.29) is 11.9 Å². The van der Waals surface area contributed by atoms with E-state index in [0.717, 1.165) is 18.5 Å². The maximum Gasteiger partial charge on any atom is 0.132 e. The third-order valence-corrected chi connectivity index (χ3v) is 2.66. The molecule has 1 unspecified atom stereocenters. The van der Waals surface area contributed by atoms with Crippen LogP contribution in [0.5, 0.6) is 5.75 Å². The highest BCUT2D eigenvalue weighted by molar-refractivity contribution is 5.39. The highest BCUT2D eigenvalue weighted by atomic mass is 19.1. The number of ether oxygens (including phenoxy) is 1. The monoisotopic (exact) mass is 251 g/mol. The first-order valence-electron chi connectivity index (χ1n) is 6.31. The van der Waals surface area contributed by atoms with E-state index in [1.54, 1.807) is 19.2 Å². The zero-order valence-electron chi connectivity index (χ0n) is 11.6. The molecule has 1 aromatic rings. The molecule has 100 valence electrons. The Morgan fingerprint density at radius 2 is 2.17 bits per heavy atom. The number of hydrogen-bond acceptors (Lipinski definition) is 2. The normalized spacial score (nSPS) is 12.1. The molecule has 1 N–H and O–H groups in total. The lowest BCUT2D eigenvalue weighted by Gasteiger charge is -2.19. The minimum absolute atomic E-state index is 0.147. The lowest BCUT2D eigenvalue weighted by atomic mass is 10.0. The number of rotatable bonds is 6. The summed E-state index contributed by atoms with van der Waals surface area (Å²) in [5.74, 6) is 0.349. The van der Waals surface area contributed by atoms with Gasteiger partial charge >= 0.3 is 0 Å². The van der Waals surface area contributed by atoms with Crippen LogP contribution < -0.4 is 10.1 Å². The van der Waals surface area contributed by atoms with E-state index in [9.17, 15) is 4.39 Å². The molecule has 0 saturated heterocycles. The van der Waals surface area contributed by atoms with Crippen LogP contribution in [0.3, 0.4) is 0 Å². The van der Waals surface area contributed by atoms with E-state index in [1.165, 1.54) is 6.07 Å². The van der Waals surface area contributed by atoms with Crippen molar-refractivity contribution in [2.45, 2.75) is 33.2 Å². The van der Waals surface area contributed by atoms with Gasteiger partial charge in [-0.05, 0) is 38.9 Å². The Morgan fingerprint density at radius 3 is 2.72 bits per heavy atom. The number of allylic oxidation sites excluding steroid dienone is 1. The molecule has 0 aromatic heterocycles. The van der Waals surface area contributed by atoms with Crippen LogP contribution in [0.25, 0.3) is 0 Å². The smallest absolute Gasteiger partial charge is 0.132 e. The number of methoxy groups -OCH3 is 1. The molecule has 0 spiro atoms. The second-order valence-corrected chi connectivity index (χ2v) is 4.53. The summed E-state index contributed by atoms with van der Waals surface area (Å²) < 4.78 is 19.3. The Kier molecular flexibility index (Phi) is 5.86. The van der Waals surface area contributed by atoms with Crippen LogP contribution in [0, 0.1) is 5.82 Å². The summed E-state index contributed by atoms with van der Waals surface area (Å²) >= 11 is 0. The summed E-state index contributed by atoms with van der Waals surface area (Å²) in [6.45, 7) is 6.94. The van der Waals surface area contributed by atoms with Gasteiger partial charge < -0.3 is 10.1 Å². The Bertz CT molecular complexity index is 411. The average molecular weight is 251 g/mol. The molecule has 0 bridgehead atoms. The molecule has 0 fully saturated rings. The first-order chi connectivity index (χ1) is 8.60. The molecule has 18 heavy (non-hydrogen) atoms. The van der Waals surface area contributed by atoms with Gasteiger partial charge in [0.25, 0.3) is 0 Å². The van der Waals surface area contributed by atoms with Crippen molar-refractivity contribution in [2.24, 2.45) is 0 Å². The Hall–Kier alpha value is -1.35. The van der Waals surface area contributed by atoms with Crippen LogP contribution in [0.15, 0.2) is 29.8 Å². The van der Waals surface area contributed by atoms with Crippen molar-refractivity contribution in [3.63, 3.8) is 0 Å². The summed E-state index contributed by atoms with van der Waals surface area (Å²) in [5, 5.41) is 3.34. The topological polar surface area (TPSA) is 21.3 Å². The lowest BCUT2D eigenvalue weighted by molar-refractivity contribution is 0.397. The molecule has 2 nitrogen and oxygen atoms in total. The van der Waals surface area contributed by atoms with Crippen LogP contribution >= 0.6 is 0 Å². The standard InChI is InChI=1S/C15H22FNO/c1-5-9-17-13(10-11(2)3)15-12(16)7-6-8-14(15)18-4/h6-8,10,13,17H,5,9H2,1-4H3. The van der Waals surface area contributed by atoms with E-state index < -0.39 is 0 Å². The zero-order valence-corrected chi connectivity index (χ0v) is 11.6. The first kappa shape index (κ1) is 14.7. The molecule has 0 amide bonds. The van der Waals surface area contributed by atoms with Gasteiger partial charge in [-0.15, -0.1) is 0 Å². The molecule has 0 saturated carbocycles. The van der Waals surface area contributed by atoms with E-state index in [1.807, 2.05) is 19.9 Å². The predicted molar refractivity (Wildman–Crippen MR) is 73.4 cm³/mol. The quantitative estimate of drug-likeness (QED) is 0.776. The van der Waals surface area contributed by atoms with Gasteiger partial charge in [-0.25, -0.2) is 4.39 Å². The fourth-order valence-electron chi connectivity index (χ4n) is 1.87. The lowest BCUT2D eigenvalue weighted by Crippen LogP contribution is -2.22.